The molecule has 0 fully saturated rings. The van der Waals surface area contributed by atoms with Crippen LogP contribution in [0.25, 0.3) is 0 Å². The molecule has 6 nitrogen and oxygen atoms in total. The lowest BCUT2D eigenvalue weighted by Gasteiger charge is -2.13. The number of unbranched alkanes of at least 4 members (excludes halogenated alkanes) is 1. The largest absolute Gasteiger partial charge is 0.507 e. The molecule has 7 heteroatoms. The van der Waals surface area contributed by atoms with Crippen molar-refractivity contribution in [3.8, 4) is 17.2 Å². The van der Waals surface area contributed by atoms with Crippen molar-refractivity contribution >= 4 is 11.8 Å². The molecule has 0 atom stereocenters. The van der Waals surface area contributed by atoms with Crippen molar-refractivity contribution in [3.05, 3.63) is 52.8 Å². The number of benzene rings is 2. The zero-order valence-electron chi connectivity index (χ0n) is 17.4. The molecule has 30 heavy (non-hydrogen) atoms. The van der Waals surface area contributed by atoms with Gasteiger partial charge >= 0.3 is 5.97 Å². The van der Waals surface area contributed by atoms with E-state index >= 15 is 0 Å². The minimum atomic E-state index is -1.20. The van der Waals surface area contributed by atoms with E-state index < -0.39 is 11.8 Å². The van der Waals surface area contributed by atoms with Crippen molar-refractivity contribution in [1.29, 1.82) is 0 Å². The van der Waals surface area contributed by atoms with Crippen molar-refractivity contribution in [2.75, 3.05) is 13.2 Å². The van der Waals surface area contributed by atoms with E-state index in [-0.39, 0.29) is 35.4 Å². The molecule has 2 rings (SSSR count). The topological polar surface area (TPSA) is 93.1 Å². The lowest BCUT2D eigenvalue weighted by atomic mass is 9.98. The third-order valence-corrected chi connectivity index (χ3v) is 4.51. The first-order chi connectivity index (χ1) is 14.2. The Morgan fingerprint density at radius 2 is 1.63 bits per heavy atom. The number of aromatic hydroxyl groups is 1. The molecular formula is C23H27FO6. The van der Waals surface area contributed by atoms with E-state index in [9.17, 15) is 19.1 Å². The quantitative estimate of drug-likeness (QED) is 0.394. The van der Waals surface area contributed by atoms with Crippen LogP contribution >= 0.6 is 0 Å². The van der Waals surface area contributed by atoms with Crippen LogP contribution in [0, 0.1) is 18.7 Å². The fourth-order valence-electron chi connectivity index (χ4n) is 2.86. The summed E-state index contributed by atoms with van der Waals surface area (Å²) in [6, 6.07) is 6.76. The van der Waals surface area contributed by atoms with E-state index in [1.807, 2.05) is 13.8 Å². The number of ether oxygens (including phenoxy) is 2. The van der Waals surface area contributed by atoms with Crippen LogP contribution in [0.3, 0.4) is 0 Å². The van der Waals surface area contributed by atoms with Crippen molar-refractivity contribution in [2.45, 2.75) is 40.0 Å². The molecule has 0 aliphatic carbocycles. The summed E-state index contributed by atoms with van der Waals surface area (Å²) in [6.45, 7) is 6.21. The normalized spacial score (nSPS) is 10.8. The maximum Gasteiger partial charge on any atom is 0.335 e. The van der Waals surface area contributed by atoms with E-state index in [0.717, 1.165) is 6.07 Å². The van der Waals surface area contributed by atoms with Gasteiger partial charge in [0.05, 0.1) is 24.3 Å². The lowest BCUT2D eigenvalue weighted by Crippen LogP contribution is -2.07. The van der Waals surface area contributed by atoms with Gasteiger partial charge in [-0.05, 0) is 56.0 Å². The number of hydrogen-bond donors (Lipinski definition) is 2. The predicted octanol–water partition coefficient (Wildman–Crippen LogP) is 5.00. The second kappa shape index (κ2) is 10.6. The Kier molecular flexibility index (Phi) is 8.21. The van der Waals surface area contributed by atoms with Gasteiger partial charge in [-0.25, -0.2) is 9.18 Å². The average Bonchev–Trinajstić information content (AvgIpc) is 2.67. The van der Waals surface area contributed by atoms with E-state index in [1.54, 1.807) is 19.1 Å². The molecule has 0 saturated heterocycles. The summed E-state index contributed by atoms with van der Waals surface area (Å²) in [7, 11) is 0. The van der Waals surface area contributed by atoms with Gasteiger partial charge in [-0.1, -0.05) is 13.8 Å². The van der Waals surface area contributed by atoms with Gasteiger partial charge in [-0.2, -0.15) is 0 Å². The number of carbonyl (C=O) groups is 2. The Labute approximate surface area is 175 Å². The van der Waals surface area contributed by atoms with E-state index in [4.69, 9.17) is 14.6 Å². The number of aromatic carboxylic acids is 1. The predicted molar refractivity (Wildman–Crippen MR) is 110 cm³/mol. The number of rotatable bonds is 11. The van der Waals surface area contributed by atoms with Gasteiger partial charge < -0.3 is 19.7 Å². The van der Waals surface area contributed by atoms with Crippen LogP contribution in [0.15, 0.2) is 30.3 Å². The second-order valence-electron chi connectivity index (χ2n) is 7.46. The number of phenols is 1. The molecule has 0 unspecified atom stereocenters. The van der Waals surface area contributed by atoms with E-state index in [1.165, 1.54) is 12.1 Å². The number of ketones is 1. The number of carbonyl (C=O) groups excluding carboxylic acids is 1. The summed E-state index contributed by atoms with van der Waals surface area (Å²) < 4.78 is 24.8. The van der Waals surface area contributed by atoms with Crippen molar-refractivity contribution in [2.24, 2.45) is 5.92 Å². The molecule has 0 aromatic heterocycles. The Morgan fingerprint density at radius 1 is 1.03 bits per heavy atom. The van der Waals surface area contributed by atoms with Gasteiger partial charge in [-0.15, -0.1) is 0 Å². The van der Waals surface area contributed by atoms with Crippen LogP contribution < -0.4 is 9.47 Å². The number of hydrogen-bond acceptors (Lipinski definition) is 5. The summed E-state index contributed by atoms with van der Waals surface area (Å²) in [6.07, 6.45) is 1.59. The Hall–Kier alpha value is -3.09. The number of halogens is 1. The van der Waals surface area contributed by atoms with E-state index in [2.05, 4.69) is 0 Å². The highest BCUT2D eigenvalue weighted by Gasteiger charge is 2.17. The summed E-state index contributed by atoms with van der Waals surface area (Å²) in [5.74, 6) is -1.35. The first-order valence-electron chi connectivity index (χ1n) is 9.85. The third-order valence-electron chi connectivity index (χ3n) is 4.51. The van der Waals surface area contributed by atoms with Gasteiger partial charge in [0.25, 0.3) is 0 Å². The zero-order valence-corrected chi connectivity index (χ0v) is 17.4. The Balaban J connectivity index is 1.80. The van der Waals surface area contributed by atoms with Crippen LogP contribution in [0.1, 0.15) is 59.4 Å². The number of carboxylic acid groups (broad SMARTS) is 1. The summed E-state index contributed by atoms with van der Waals surface area (Å²) in [5, 5.41) is 19.1. The molecule has 2 aromatic rings. The molecule has 0 aliphatic rings. The molecule has 0 saturated carbocycles. The minimum absolute atomic E-state index is 0.00309. The molecule has 0 aliphatic heterocycles. The average molecular weight is 418 g/mol. The fraction of sp³-hybridized carbons (Fsp3) is 0.391. The molecule has 0 bridgehead atoms. The standard InChI is InChI=1S/C23H27FO6/c1-14(2)12-19(25)17-7-9-20(15(3)22(17)26)29-10-4-5-11-30-21-8-6-16(23(27)28)13-18(21)24/h6-9,13-14,26H,4-5,10-12H2,1-3H3,(H,27,28). The van der Waals surface area contributed by atoms with E-state index in [0.29, 0.717) is 42.7 Å². The van der Waals surface area contributed by atoms with Gasteiger partial charge in [0.15, 0.2) is 17.3 Å². The van der Waals surface area contributed by atoms with Gasteiger partial charge in [0.2, 0.25) is 0 Å². The summed E-state index contributed by atoms with van der Waals surface area (Å²) in [5.41, 5.74) is 0.683. The van der Waals surface area contributed by atoms with Crippen molar-refractivity contribution < 1.29 is 33.7 Å². The molecule has 2 N–H and O–H groups in total. The maximum atomic E-state index is 13.8. The number of carboxylic acids is 1. The fourth-order valence-corrected chi connectivity index (χ4v) is 2.86. The molecule has 162 valence electrons. The zero-order chi connectivity index (χ0) is 22.3. The van der Waals surface area contributed by atoms with Crippen LogP contribution in [0.5, 0.6) is 17.2 Å². The van der Waals surface area contributed by atoms with Gasteiger partial charge in [-0.3, -0.25) is 4.79 Å². The highest BCUT2D eigenvalue weighted by Crippen LogP contribution is 2.32. The Bertz CT molecular complexity index is 907. The molecule has 0 heterocycles. The van der Waals surface area contributed by atoms with Crippen LogP contribution in [0.2, 0.25) is 0 Å². The highest BCUT2D eigenvalue weighted by atomic mass is 19.1. The van der Waals surface area contributed by atoms with Crippen LogP contribution in [-0.2, 0) is 0 Å². The maximum absolute atomic E-state index is 13.8. The number of Topliss-reactive ketones (excluding diaryl/α,β-unsaturated/α-hetero) is 1. The highest BCUT2D eigenvalue weighted by molar-refractivity contribution is 5.99. The SMILES string of the molecule is Cc1c(OCCCCOc2ccc(C(=O)O)cc2F)ccc(C(=O)CC(C)C)c1O. The second-order valence-corrected chi connectivity index (χ2v) is 7.46. The molecule has 0 amide bonds. The molecule has 0 radical (unpaired) electrons. The third kappa shape index (κ3) is 6.20. The lowest BCUT2D eigenvalue weighted by molar-refractivity contribution is 0.0696. The van der Waals surface area contributed by atoms with Crippen molar-refractivity contribution in [3.63, 3.8) is 0 Å². The molecular weight excluding hydrogens is 391 g/mol. The first-order valence-corrected chi connectivity index (χ1v) is 9.85. The van der Waals surface area contributed by atoms with Crippen molar-refractivity contribution in [1.82, 2.24) is 0 Å². The molecule has 0 spiro atoms. The molecule has 2 aromatic carbocycles. The number of phenolic OH excluding ortho intramolecular Hbond substituents is 1. The van der Waals surface area contributed by atoms with Crippen LogP contribution in [0.4, 0.5) is 4.39 Å². The van der Waals surface area contributed by atoms with Gasteiger partial charge in [0, 0.05) is 12.0 Å². The first kappa shape index (κ1) is 23.2. The summed E-state index contributed by atoms with van der Waals surface area (Å²) in [4.78, 5) is 23.0. The van der Waals surface area contributed by atoms with Gasteiger partial charge in [0.1, 0.15) is 11.5 Å². The monoisotopic (exact) mass is 418 g/mol. The Morgan fingerprint density at radius 3 is 2.20 bits per heavy atom. The minimum Gasteiger partial charge on any atom is -0.507 e. The van der Waals surface area contributed by atoms with Crippen LogP contribution in [-0.4, -0.2) is 35.2 Å². The summed E-state index contributed by atoms with van der Waals surface area (Å²) >= 11 is 0. The smallest absolute Gasteiger partial charge is 0.335 e.